The fourth-order valence-electron chi connectivity index (χ4n) is 5.56. The van der Waals surface area contributed by atoms with Crippen molar-refractivity contribution < 1.29 is 0 Å². The first-order valence-electron chi connectivity index (χ1n) is 11.2. The standard InChI is InChI=1S/C27H34N2/c1-3-7-20(8-6-19-28)23-13-14-24(21-9-11-22(29-2)12-10-21)26-25(23)15-18-27(26)16-4-5-17-27/h6-14,29H,3-5,15-19,28H2,1-2H3. The predicted molar refractivity (Wildman–Crippen MR) is 126 cm³/mol. The van der Waals surface area contributed by atoms with Crippen LogP contribution in [0.1, 0.15) is 62.1 Å². The van der Waals surface area contributed by atoms with E-state index in [2.05, 4.69) is 66.9 Å². The molecule has 1 fully saturated rings. The zero-order valence-corrected chi connectivity index (χ0v) is 17.9. The molecule has 3 N–H and O–H groups in total. The van der Waals surface area contributed by atoms with Gasteiger partial charge in [0.25, 0.3) is 0 Å². The van der Waals surface area contributed by atoms with Gasteiger partial charge in [0.15, 0.2) is 0 Å². The Morgan fingerprint density at radius 1 is 1.07 bits per heavy atom. The average molecular weight is 387 g/mol. The van der Waals surface area contributed by atoms with Gasteiger partial charge in [-0.3, -0.25) is 0 Å². The second-order valence-corrected chi connectivity index (χ2v) is 8.53. The largest absolute Gasteiger partial charge is 0.388 e. The zero-order chi connectivity index (χ0) is 20.3. The minimum atomic E-state index is 0.386. The van der Waals surface area contributed by atoms with Gasteiger partial charge in [-0.2, -0.15) is 0 Å². The molecule has 1 saturated carbocycles. The third kappa shape index (κ3) is 3.67. The highest BCUT2D eigenvalue weighted by molar-refractivity contribution is 5.82. The monoisotopic (exact) mass is 386 g/mol. The smallest absolute Gasteiger partial charge is 0.0337 e. The van der Waals surface area contributed by atoms with E-state index in [4.69, 9.17) is 5.73 Å². The van der Waals surface area contributed by atoms with Gasteiger partial charge < -0.3 is 11.1 Å². The summed E-state index contributed by atoms with van der Waals surface area (Å²) in [5.74, 6) is 0. The number of nitrogens with one attached hydrogen (secondary N) is 1. The first-order chi connectivity index (χ1) is 14.2. The second-order valence-electron chi connectivity index (χ2n) is 8.53. The molecule has 1 spiro atoms. The van der Waals surface area contributed by atoms with Gasteiger partial charge in [-0.15, -0.1) is 0 Å². The van der Waals surface area contributed by atoms with Crippen molar-refractivity contribution in [2.75, 3.05) is 18.9 Å². The molecule has 0 aromatic heterocycles. The molecule has 2 nitrogen and oxygen atoms in total. The summed E-state index contributed by atoms with van der Waals surface area (Å²) in [6.45, 7) is 2.80. The van der Waals surface area contributed by atoms with Crippen LogP contribution in [0.5, 0.6) is 0 Å². The van der Waals surface area contributed by atoms with Crippen molar-refractivity contribution in [1.82, 2.24) is 0 Å². The van der Waals surface area contributed by atoms with Crippen molar-refractivity contribution in [2.45, 2.75) is 57.3 Å². The Morgan fingerprint density at radius 2 is 1.83 bits per heavy atom. The summed E-state index contributed by atoms with van der Waals surface area (Å²) in [4.78, 5) is 0. The van der Waals surface area contributed by atoms with E-state index in [9.17, 15) is 0 Å². The van der Waals surface area contributed by atoms with Crippen LogP contribution < -0.4 is 11.1 Å². The van der Waals surface area contributed by atoms with E-state index in [0.29, 0.717) is 12.0 Å². The van der Waals surface area contributed by atoms with Gasteiger partial charge in [-0.25, -0.2) is 0 Å². The van der Waals surface area contributed by atoms with Crippen LogP contribution in [0, 0.1) is 0 Å². The Balaban J connectivity index is 1.89. The molecule has 2 aliphatic carbocycles. The molecule has 2 aliphatic rings. The Morgan fingerprint density at radius 3 is 2.48 bits per heavy atom. The molecule has 2 aromatic rings. The van der Waals surface area contributed by atoms with Crippen LogP contribution in [0.25, 0.3) is 16.7 Å². The maximum Gasteiger partial charge on any atom is 0.0337 e. The highest BCUT2D eigenvalue weighted by Crippen LogP contribution is 2.54. The highest BCUT2D eigenvalue weighted by Gasteiger charge is 2.43. The van der Waals surface area contributed by atoms with E-state index >= 15 is 0 Å². The van der Waals surface area contributed by atoms with Crippen molar-refractivity contribution >= 4 is 11.3 Å². The molecule has 2 aromatic carbocycles. The summed E-state index contributed by atoms with van der Waals surface area (Å²) in [7, 11) is 1.98. The number of anilines is 1. The van der Waals surface area contributed by atoms with Crippen molar-refractivity contribution in [2.24, 2.45) is 5.73 Å². The van der Waals surface area contributed by atoms with Crippen LogP contribution in [0.4, 0.5) is 5.69 Å². The Bertz CT molecular complexity index is 912. The first-order valence-corrected chi connectivity index (χ1v) is 11.2. The van der Waals surface area contributed by atoms with E-state index in [0.717, 1.165) is 12.1 Å². The maximum atomic E-state index is 5.76. The fraction of sp³-hybridized carbons (Fsp3) is 0.407. The lowest BCUT2D eigenvalue weighted by atomic mass is 9.76. The van der Waals surface area contributed by atoms with Gasteiger partial charge in [0.2, 0.25) is 0 Å². The summed E-state index contributed by atoms with van der Waals surface area (Å²) in [5, 5.41) is 3.24. The van der Waals surface area contributed by atoms with E-state index in [-0.39, 0.29) is 0 Å². The summed E-state index contributed by atoms with van der Waals surface area (Å²) in [6.07, 6.45) is 15.6. The minimum Gasteiger partial charge on any atom is -0.388 e. The minimum absolute atomic E-state index is 0.386. The highest BCUT2D eigenvalue weighted by atomic mass is 14.8. The van der Waals surface area contributed by atoms with Crippen LogP contribution >= 0.6 is 0 Å². The van der Waals surface area contributed by atoms with Crippen LogP contribution in [0.15, 0.2) is 54.6 Å². The van der Waals surface area contributed by atoms with Crippen molar-refractivity contribution in [3.8, 4) is 11.1 Å². The number of allylic oxidation sites excluding steroid dienone is 3. The molecule has 0 amide bonds. The van der Waals surface area contributed by atoms with Crippen LogP contribution in [-0.4, -0.2) is 13.6 Å². The molecule has 0 aliphatic heterocycles. The lowest BCUT2D eigenvalue weighted by Gasteiger charge is -2.28. The summed E-state index contributed by atoms with van der Waals surface area (Å²) in [5.41, 5.74) is 16.1. The second kappa shape index (κ2) is 8.59. The molecule has 0 saturated heterocycles. The summed E-state index contributed by atoms with van der Waals surface area (Å²) >= 11 is 0. The van der Waals surface area contributed by atoms with Gasteiger partial charge in [0.05, 0.1) is 0 Å². The molecule has 152 valence electrons. The third-order valence-electron chi connectivity index (χ3n) is 6.91. The molecule has 0 bridgehead atoms. The normalized spacial score (nSPS) is 18.0. The topological polar surface area (TPSA) is 38.0 Å². The molecule has 0 radical (unpaired) electrons. The van der Waals surface area contributed by atoms with Crippen molar-refractivity contribution in [3.05, 3.63) is 71.3 Å². The zero-order valence-electron chi connectivity index (χ0n) is 17.9. The summed E-state index contributed by atoms with van der Waals surface area (Å²) < 4.78 is 0. The number of hydrogen-bond acceptors (Lipinski definition) is 2. The molecule has 29 heavy (non-hydrogen) atoms. The van der Waals surface area contributed by atoms with Crippen LogP contribution in [0.2, 0.25) is 0 Å². The van der Waals surface area contributed by atoms with Gasteiger partial charge in [-0.05, 0) is 83.0 Å². The number of hydrogen-bond donors (Lipinski definition) is 2. The maximum absolute atomic E-state index is 5.76. The molecular formula is C27H34N2. The predicted octanol–water partition coefficient (Wildman–Crippen LogP) is 6.46. The molecule has 4 rings (SSSR count). The van der Waals surface area contributed by atoms with Crippen molar-refractivity contribution in [3.63, 3.8) is 0 Å². The Labute approximate surface area is 175 Å². The van der Waals surface area contributed by atoms with Gasteiger partial charge in [0.1, 0.15) is 0 Å². The number of rotatable bonds is 6. The van der Waals surface area contributed by atoms with Crippen molar-refractivity contribution in [1.29, 1.82) is 0 Å². The first kappa shape index (κ1) is 20.0. The third-order valence-corrected chi connectivity index (χ3v) is 6.91. The quantitative estimate of drug-likeness (QED) is 0.559. The van der Waals surface area contributed by atoms with Gasteiger partial charge in [0, 0.05) is 19.3 Å². The molecule has 2 heteroatoms. The molecule has 0 atom stereocenters. The molecule has 0 heterocycles. The van der Waals surface area contributed by atoms with E-state index in [1.54, 1.807) is 11.1 Å². The summed E-state index contributed by atoms with van der Waals surface area (Å²) in [6, 6.07) is 13.7. The van der Waals surface area contributed by atoms with Gasteiger partial charge in [-0.1, -0.05) is 62.3 Å². The Kier molecular flexibility index (Phi) is 5.91. The van der Waals surface area contributed by atoms with Gasteiger partial charge >= 0.3 is 0 Å². The van der Waals surface area contributed by atoms with E-state index in [1.807, 2.05) is 7.05 Å². The van der Waals surface area contributed by atoms with Crippen LogP contribution in [-0.2, 0) is 11.8 Å². The molecular weight excluding hydrogens is 352 g/mol. The SMILES string of the molecule is CCC=C(C=CCN)c1ccc(-c2ccc(NC)cc2)c2c1CCC21CCCC1. The lowest BCUT2D eigenvalue weighted by molar-refractivity contribution is 0.440. The Hall–Kier alpha value is -2.32. The molecule has 0 unspecified atom stereocenters. The number of fused-ring (bicyclic) bond motifs is 2. The fourth-order valence-corrected chi connectivity index (χ4v) is 5.56. The van der Waals surface area contributed by atoms with Crippen LogP contribution in [0.3, 0.4) is 0 Å². The van der Waals surface area contributed by atoms with E-state index < -0.39 is 0 Å². The lowest BCUT2D eigenvalue weighted by Crippen LogP contribution is -2.19. The number of benzene rings is 2. The number of nitrogens with two attached hydrogens (primary N) is 1. The average Bonchev–Trinajstić information content (AvgIpc) is 3.39. The van der Waals surface area contributed by atoms with E-state index in [1.165, 1.54) is 60.8 Å².